The number of thiophene rings is 1. The van der Waals surface area contributed by atoms with Crippen LogP contribution in [0.1, 0.15) is 12.0 Å². The maximum atomic E-state index is 12.6. The predicted octanol–water partition coefficient (Wildman–Crippen LogP) is 3.00. The Balaban J connectivity index is 2.79. The molecule has 0 spiro atoms. The molecule has 0 fully saturated rings. The summed E-state index contributed by atoms with van der Waals surface area (Å²) in [6.07, 6.45) is -2.52. The van der Waals surface area contributed by atoms with Crippen molar-refractivity contribution in [1.29, 1.82) is 0 Å². The van der Waals surface area contributed by atoms with Gasteiger partial charge in [-0.25, -0.2) is 8.78 Å². The number of nitrogen functional groups attached to an aromatic ring is 2. The van der Waals surface area contributed by atoms with Crippen molar-refractivity contribution >= 4 is 32.1 Å². The lowest BCUT2D eigenvalue weighted by Gasteiger charge is -2.02. The molecule has 0 aliphatic heterocycles. The van der Waals surface area contributed by atoms with Crippen molar-refractivity contribution in [2.24, 2.45) is 0 Å². The van der Waals surface area contributed by atoms with Gasteiger partial charge in [0.25, 0.3) is 6.43 Å². The van der Waals surface area contributed by atoms with Crippen LogP contribution in [0.15, 0.2) is 18.2 Å². The third kappa shape index (κ3) is 1.39. The van der Waals surface area contributed by atoms with Gasteiger partial charge in [0.1, 0.15) is 0 Å². The van der Waals surface area contributed by atoms with Crippen molar-refractivity contribution in [2.45, 2.75) is 6.43 Å². The first-order valence-corrected chi connectivity index (χ1v) is 4.76. The summed E-state index contributed by atoms with van der Waals surface area (Å²) in [7, 11) is 0. The van der Waals surface area contributed by atoms with Crippen LogP contribution in [0.3, 0.4) is 0 Å². The van der Waals surface area contributed by atoms with Gasteiger partial charge in [-0.15, -0.1) is 11.3 Å². The second kappa shape index (κ2) is 3.09. The molecule has 4 N–H and O–H groups in total. The number of nitrogens with two attached hydrogens (primary N) is 2. The Morgan fingerprint density at radius 2 is 1.86 bits per heavy atom. The Morgan fingerprint density at radius 1 is 1.14 bits per heavy atom. The summed E-state index contributed by atoms with van der Waals surface area (Å²) < 4.78 is 25.9. The highest BCUT2D eigenvalue weighted by Crippen LogP contribution is 2.36. The van der Waals surface area contributed by atoms with Gasteiger partial charge < -0.3 is 11.5 Å². The van der Waals surface area contributed by atoms with E-state index in [1.54, 1.807) is 12.1 Å². The molecular weight excluding hydrogens is 206 g/mol. The molecule has 2 rings (SSSR count). The summed E-state index contributed by atoms with van der Waals surface area (Å²) in [5.41, 5.74) is 11.3. The maximum Gasteiger partial charge on any atom is 0.264 e. The summed E-state index contributed by atoms with van der Waals surface area (Å²) in [6.45, 7) is 0. The zero-order chi connectivity index (χ0) is 10.3. The molecule has 1 heterocycles. The maximum absolute atomic E-state index is 12.6. The first kappa shape index (κ1) is 9.21. The minimum absolute atomic E-state index is 0.0482. The van der Waals surface area contributed by atoms with Gasteiger partial charge >= 0.3 is 0 Å². The molecule has 0 radical (unpaired) electrons. The molecule has 0 saturated heterocycles. The number of anilines is 2. The van der Waals surface area contributed by atoms with Gasteiger partial charge in [0, 0.05) is 21.3 Å². The van der Waals surface area contributed by atoms with Crippen LogP contribution in [0.2, 0.25) is 0 Å². The first-order valence-electron chi connectivity index (χ1n) is 3.94. The lowest BCUT2D eigenvalue weighted by molar-refractivity contribution is 0.153. The van der Waals surface area contributed by atoms with Crippen molar-refractivity contribution in [3.63, 3.8) is 0 Å². The van der Waals surface area contributed by atoms with E-state index in [4.69, 9.17) is 11.5 Å². The highest BCUT2D eigenvalue weighted by molar-refractivity contribution is 7.22. The fraction of sp³-hybridized carbons (Fsp3) is 0.111. The van der Waals surface area contributed by atoms with E-state index >= 15 is 0 Å². The van der Waals surface area contributed by atoms with Gasteiger partial charge in [-0.05, 0) is 18.2 Å². The largest absolute Gasteiger partial charge is 0.399 e. The monoisotopic (exact) mass is 214 g/mol. The number of benzene rings is 1. The Morgan fingerprint density at radius 3 is 2.50 bits per heavy atom. The predicted molar refractivity (Wildman–Crippen MR) is 55.6 cm³/mol. The van der Waals surface area contributed by atoms with Crippen molar-refractivity contribution in [2.75, 3.05) is 11.5 Å². The standard InChI is InChI=1S/C9H8F2N2S/c10-9(11)6-1-4(12)2-7-5(6)3-8(13)14-7/h1-3,9H,12-13H2. The Hall–Kier alpha value is -1.36. The minimum Gasteiger partial charge on any atom is -0.399 e. The number of halogens is 2. The molecule has 0 aliphatic carbocycles. The van der Waals surface area contributed by atoms with Crippen molar-refractivity contribution in [3.05, 3.63) is 23.8 Å². The third-order valence-electron chi connectivity index (χ3n) is 1.95. The van der Waals surface area contributed by atoms with E-state index < -0.39 is 6.43 Å². The van der Waals surface area contributed by atoms with Gasteiger partial charge in [-0.1, -0.05) is 0 Å². The molecule has 0 saturated carbocycles. The van der Waals surface area contributed by atoms with E-state index in [0.717, 1.165) is 0 Å². The molecule has 2 aromatic rings. The Labute approximate surface area is 83.1 Å². The number of hydrogen-bond acceptors (Lipinski definition) is 3. The molecule has 0 unspecified atom stereocenters. The highest BCUT2D eigenvalue weighted by Gasteiger charge is 2.14. The minimum atomic E-state index is -2.52. The SMILES string of the molecule is Nc1cc(C(F)F)c2cc(N)sc2c1. The van der Waals surface area contributed by atoms with Crippen LogP contribution in [0.4, 0.5) is 19.5 Å². The third-order valence-corrected chi connectivity index (χ3v) is 2.86. The second-order valence-electron chi connectivity index (χ2n) is 2.97. The zero-order valence-electron chi connectivity index (χ0n) is 7.13. The molecule has 0 atom stereocenters. The molecule has 1 aromatic heterocycles. The molecule has 0 aliphatic rings. The fourth-order valence-electron chi connectivity index (χ4n) is 1.39. The molecule has 2 nitrogen and oxygen atoms in total. The van der Waals surface area contributed by atoms with E-state index in [9.17, 15) is 8.78 Å². The van der Waals surface area contributed by atoms with E-state index in [1.807, 2.05) is 0 Å². The lowest BCUT2D eigenvalue weighted by atomic mass is 10.1. The number of fused-ring (bicyclic) bond motifs is 1. The first-order chi connectivity index (χ1) is 6.58. The lowest BCUT2D eigenvalue weighted by Crippen LogP contribution is -1.89. The smallest absolute Gasteiger partial charge is 0.264 e. The molecular formula is C9H8F2N2S. The van der Waals surface area contributed by atoms with Gasteiger partial charge in [0.2, 0.25) is 0 Å². The van der Waals surface area contributed by atoms with Crippen LogP contribution in [-0.2, 0) is 0 Å². The van der Waals surface area contributed by atoms with Crippen LogP contribution in [-0.4, -0.2) is 0 Å². The van der Waals surface area contributed by atoms with Crippen LogP contribution in [0.5, 0.6) is 0 Å². The summed E-state index contributed by atoms with van der Waals surface area (Å²) in [5, 5.41) is 1.02. The summed E-state index contributed by atoms with van der Waals surface area (Å²) in [4.78, 5) is 0. The van der Waals surface area contributed by atoms with Crippen LogP contribution >= 0.6 is 11.3 Å². The zero-order valence-corrected chi connectivity index (χ0v) is 7.94. The normalized spacial score (nSPS) is 11.4. The van der Waals surface area contributed by atoms with E-state index in [1.165, 1.54) is 17.4 Å². The topological polar surface area (TPSA) is 52.0 Å². The van der Waals surface area contributed by atoms with E-state index in [-0.39, 0.29) is 5.56 Å². The molecule has 0 amide bonds. The summed E-state index contributed by atoms with van der Waals surface area (Å²) in [6, 6.07) is 4.50. The molecule has 1 aromatic carbocycles. The summed E-state index contributed by atoms with van der Waals surface area (Å²) in [5.74, 6) is 0. The quantitative estimate of drug-likeness (QED) is 0.717. The van der Waals surface area contributed by atoms with E-state index in [2.05, 4.69) is 0 Å². The number of alkyl halides is 2. The van der Waals surface area contributed by atoms with Gasteiger partial charge in [-0.2, -0.15) is 0 Å². The summed E-state index contributed by atoms with van der Waals surface area (Å²) >= 11 is 1.26. The Kier molecular flexibility index (Phi) is 2.03. The average molecular weight is 214 g/mol. The van der Waals surface area contributed by atoms with Crippen LogP contribution in [0, 0.1) is 0 Å². The molecule has 14 heavy (non-hydrogen) atoms. The molecule has 74 valence electrons. The van der Waals surface area contributed by atoms with Crippen LogP contribution in [0.25, 0.3) is 10.1 Å². The number of hydrogen-bond donors (Lipinski definition) is 2. The van der Waals surface area contributed by atoms with Crippen LogP contribution < -0.4 is 11.5 Å². The highest BCUT2D eigenvalue weighted by atomic mass is 32.1. The molecule has 5 heteroatoms. The van der Waals surface area contributed by atoms with Crippen molar-refractivity contribution in [1.82, 2.24) is 0 Å². The van der Waals surface area contributed by atoms with Crippen molar-refractivity contribution in [3.8, 4) is 0 Å². The second-order valence-corrected chi connectivity index (χ2v) is 4.09. The van der Waals surface area contributed by atoms with Gasteiger partial charge in [0.05, 0.1) is 5.00 Å². The molecule has 0 bridgehead atoms. The van der Waals surface area contributed by atoms with Gasteiger partial charge in [-0.3, -0.25) is 0 Å². The Bertz CT molecular complexity index is 479. The number of rotatable bonds is 1. The fourth-order valence-corrected chi connectivity index (χ4v) is 2.30. The average Bonchev–Trinajstić information content (AvgIpc) is 2.42. The van der Waals surface area contributed by atoms with Gasteiger partial charge in [0.15, 0.2) is 0 Å². The van der Waals surface area contributed by atoms with Crippen molar-refractivity contribution < 1.29 is 8.78 Å². The van der Waals surface area contributed by atoms with E-state index in [0.29, 0.717) is 20.8 Å².